The predicted octanol–water partition coefficient (Wildman–Crippen LogP) is 1.83. The number of terminal acetylenes is 1. The van der Waals surface area contributed by atoms with Gasteiger partial charge in [0.25, 0.3) is 0 Å². The summed E-state index contributed by atoms with van der Waals surface area (Å²) in [7, 11) is 0. The van der Waals surface area contributed by atoms with Gasteiger partial charge in [-0.3, -0.25) is 0 Å². The van der Waals surface area contributed by atoms with Crippen LogP contribution in [0.3, 0.4) is 0 Å². The highest BCUT2D eigenvalue weighted by molar-refractivity contribution is 5.69. The second-order valence-corrected chi connectivity index (χ2v) is 3.08. The molecule has 0 spiro atoms. The second-order valence-electron chi connectivity index (χ2n) is 3.08. The Bertz CT molecular complexity index is 183. The number of ether oxygens (including phenoxy) is 1. The number of carbonyl (C=O) groups is 1. The molecule has 0 aromatic heterocycles. The van der Waals surface area contributed by atoms with E-state index in [0.717, 1.165) is 0 Å². The molecule has 0 aliphatic rings. The van der Waals surface area contributed by atoms with E-state index in [1.54, 1.807) is 4.90 Å². The molecule has 0 aromatic rings. The van der Waals surface area contributed by atoms with Crippen molar-refractivity contribution < 1.29 is 9.53 Å². The molecular formula is C9H15NO2. The summed E-state index contributed by atoms with van der Waals surface area (Å²) in [4.78, 5) is 12.8. The van der Waals surface area contributed by atoms with Crippen molar-refractivity contribution in [2.75, 3.05) is 0 Å². The molecule has 68 valence electrons. The largest absolute Gasteiger partial charge is 0.424 e. The number of amides is 1. The molecule has 0 radical (unpaired) electrons. The summed E-state index contributed by atoms with van der Waals surface area (Å²) in [5, 5.41) is 0. The third-order valence-corrected chi connectivity index (χ3v) is 1.47. The minimum Gasteiger partial charge on any atom is -0.356 e. The van der Waals surface area contributed by atoms with Crippen LogP contribution in [0.25, 0.3) is 0 Å². The molecule has 3 nitrogen and oxygen atoms in total. The van der Waals surface area contributed by atoms with Crippen LogP contribution in [0.4, 0.5) is 4.79 Å². The van der Waals surface area contributed by atoms with Crippen molar-refractivity contribution in [1.29, 1.82) is 0 Å². The normalized spacial score (nSPS) is 9.75. The van der Waals surface area contributed by atoms with Crippen LogP contribution in [-0.2, 0) is 4.74 Å². The summed E-state index contributed by atoms with van der Waals surface area (Å²) in [6.07, 6.45) is 6.26. The Morgan fingerprint density at radius 3 is 2.00 bits per heavy atom. The molecule has 0 saturated heterocycles. The van der Waals surface area contributed by atoms with Gasteiger partial charge >= 0.3 is 6.09 Å². The predicted molar refractivity (Wildman–Crippen MR) is 47.4 cm³/mol. The Morgan fingerprint density at radius 1 is 1.33 bits per heavy atom. The van der Waals surface area contributed by atoms with Crippen molar-refractivity contribution in [3.63, 3.8) is 0 Å². The first-order chi connectivity index (χ1) is 5.50. The van der Waals surface area contributed by atoms with Crippen molar-refractivity contribution in [2.45, 2.75) is 39.8 Å². The van der Waals surface area contributed by atoms with Gasteiger partial charge in [0.05, 0.1) is 0 Å². The maximum absolute atomic E-state index is 11.2. The van der Waals surface area contributed by atoms with Gasteiger partial charge < -0.3 is 9.64 Å². The summed E-state index contributed by atoms with van der Waals surface area (Å²) >= 11 is 0. The molecule has 0 aliphatic carbocycles. The van der Waals surface area contributed by atoms with Crippen LogP contribution in [-0.4, -0.2) is 23.1 Å². The molecule has 0 heterocycles. The molecule has 0 atom stereocenters. The van der Waals surface area contributed by atoms with E-state index in [9.17, 15) is 4.79 Å². The average molecular weight is 169 g/mol. The lowest BCUT2D eigenvalue weighted by molar-refractivity contribution is 0.114. The number of nitrogens with zero attached hydrogens (tertiary/aromatic N) is 1. The Labute approximate surface area is 73.7 Å². The van der Waals surface area contributed by atoms with Crippen LogP contribution in [0.2, 0.25) is 0 Å². The maximum atomic E-state index is 11.2. The first kappa shape index (κ1) is 10.8. The standard InChI is InChI=1S/C9H15NO2/c1-6-12-9(11)10(7(2)3)8(4)5/h1,7-8H,2-5H3. The van der Waals surface area contributed by atoms with E-state index in [1.807, 2.05) is 33.8 Å². The second kappa shape index (κ2) is 4.66. The van der Waals surface area contributed by atoms with E-state index < -0.39 is 6.09 Å². The zero-order valence-corrected chi connectivity index (χ0v) is 8.00. The van der Waals surface area contributed by atoms with Gasteiger partial charge in [-0.1, -0.05) is 6.42 Å². The molecule has 12 heavy (non-hydrogen) atoms. The molecule has 0 aromatic carbocycles. The minimum atomic E-state index is -0.456. The number of hydrogen-bond donors (Lipinski definition) is 0. The van der Waals surface area contributed by atoms with Gasteiger partial charge in [0.2, 0.25) is 0 Å². The fourth-order valence-electron chi connectivity index (χ4n) is 1.12. The maximum Gasteiger partial charge on any atom is 0.424 e. The zero-order chi connectivity index (χ0) is 9.72. The molecule has 0 saturated carbocycles. The highest BCUT2D eigenvalue weighted by Gasteiger charge is 2.20. The molecular weight excluding hydrogens is 154 g/mol. The molecule has 0 unspecified atom stereocenters. The number of rotatable bonds is 2. The van der Waals surface area contributed by atoms with Crippen LogP contribution in [0, 0.1) is 12.5 Å². The van der Waals surface area contributed by atoms with E-state index in [4.69, 9.17) is 6.42 Å². The number of hydrogen-bond acceptors (Lipinski definition) is 2. The Morgan fingerprint density at radius 2 is 1.75 bits per heavy atom. The van der Waals surface area contributed by atoms with E-state index in [2.05, 4.69) is 4.74 Å². The topological polar surface area (TPSA) is 29.5 Å². The van der Waals surface area contributed by atoms with Crippen molar-refractivity contribution in [3.05, 3.63) is 0 Å². The van der Waals surface area contributed by atoms with Crippen LogP contribution in [0.1, 0.15) is 27.7 Å². The lowest BCUT2D eigenvalue weighted by Gasteiger charge is -2.28. The van der Waals surface area contributed by atoms with Crippen molar-refractivity contribution in [2.24, 2.45) is 0 Å². The Kier molecular flexibility index (Phi) is 4.20. The summed E-state index contributed by atoms with van der Waals surface area (Å²) in [6.45, 7) is 7.66. The van der Waals surface area contributed by atoms with Gasteiger partial charge in [-0.25, -0.2) is 4.79 Å². The number of carbonyl (C=O) groups excluding carboxylic acids is 1. The van der Waals surface area contributed by atoms with Gasteiger partial charge in [0, 0.05) is 12.1 Å². The Balaban J connectivity index is 4.32. The van der Waals surface area contributed by atoms with Crippen LogP contribution >= 0.6 is 0 Å². The third-order valence-electron chi connectivity index (χ3n) is 1.47. The lowest BCUT2D eigenvalue weighted by atomic mass is 10.2. The summed E-state index contributed by atoms with van der Waals surface area (Å²) in [6, 6.07) is 0.205. The van der Waals surface area contributed by atoms with Crippen LogP contribution in [0.5, 0.6) is 0 Å². The quantitative estimate of drug-likeness (QED) is 0.590. The Hall–Kier alpha value is -1.17. The fraction of sp³-hybridized carbons (Fsp3) is 0.667. The summed E-state index contributed by atoms with van der Waals surface area (Å²) < 4.78 is 4.44. The van der Waals surface area contributed by atoms with Gasteiger partial charge in [0.1, 0.15) is 6.11 Å². The summed E-state index contributed by atoms with van der Waals surface area (Å²) in [5.41, 5.74) is 0. The smallest absolute Gasteiger partial charge is 0.356 e. The van der Waals surface area contributed by atoms with Gasteiger partial charge in [-0.15, -0.1) is 0 Å². The molecule has 0 N–H and O–H groups in total. The van der Waals surface area contributed by atoms with Crippen molar-refractivity contribution in [1.82, 2.24) is 4.90 Å². The SMILES string of the molecule is C#COC(=O)N(C(C)C)C(C)C. The first-order valence-corrected chi connectivity index (χ1v) is 3.95. The minimum absolute atomic E-state index is 0.103. The molecule has 0 rings (SSSR count). The lowest BCUT2D eigenvalue weighted by Crippen LogP contribution is -2.41. The zero-order valence-electron chi connectivity index (χ0n) is 8.00. The molecule has 0 aliphatic heterocycles. The van der Waals surface area contributed by atoms with Crippen molar-refractivity contribution in [3.8, 4) is 12.5 Å². The van der Waals surface area contributed by atoms with E-state index >= 15 is 0 Å². The highest BCUT2D eigenvalue weighted by Crippen LogP contribution is 2.06. The molecule has 0 bridgehead atoms. The molecule has 0 fully saturated rings. The molecule has 1 amide bonds. The van der Waals surface area contributed by atoms with Gasteiger partial charge in [-0.2, -0.15) is 0 Å². The van der Waals surface area contributed by atoms with Crippen molar-refractivity contribution >= 4 is 6.09 Å². The van der Waals surface area contributed by atoms with Crippen LogP contribution in [0.15, 0.2) is 0 Å². The monoisotopic (exact) mass is 169 g/mol. The average Bonchev–Trinajstić information content (AvgIpc) is 1.85. The van der Waals surface area contributed by atoms with Gasteiger partial charge in [0.15, 0.2) is 0 Å². The van der Waals surface area contributed by atoms with Crippen LogP contribution < -0.4 is 0 Å². The third kappa shape index (κ3) is 2.83. The highest BCUT2D eigenvalue weighted by atomic mass is 16.5. The first-order valence-electron chi connectivity index (χ1n) is 3.95. The fourth-order valence-corrected chi connectivity index (χ4v) is 1.12. The summed E-state index contributed by atoms with van der Waals surface area (Å²) in [5.74, 6) is 0. The van der Waals surface area contributed by atoms with E-state index in [0.29, 0.717) is 0 Å². The van der Waals surface area contributed by atoms with E-state index in [-0.39, 0.29) is 12.1 Å². The van der Waals surface area contributed by atoms with Gasteiger partial charge in [-0.05, 0) is 27.7 Å². The molecule has 3 heteroatoms. The van der Waals surface area contributed by atoms with E-state index in [1.165, 1.54) is 0 Å².